The van der Waals surface area contributed by atoms with E-state index in [-0.39, 0.29) is 38.5 Å². The van der Waals surface area contributed by atoms with Crippen LogP contribution in [0.2, 0.25) is 10.0 Å². The number of benzene rings is 1. The van der Waals surface area contributed by atoms with Crippen LogP contribution < -0.4 is 11.0 Å². The zero-order chi connectivity index (χ0) is 23.9. The highest BCUT2D eigenvalue weighted by Crippen LogP contribution is 2.22. The fourth-order valence-corrected chi connectivity index (χ4v) is 4.14. The van der Waals surface area contributed by atoms with Crippen LogP contribution in [0.15, 0.2) is 52.4 Å². The number of nitrogens with zero attached hydrogens (tertiary/aromatic N) is 5. The molecular formula is C24H19Cl2N5O2. The van der Waals surface area contributed by atoms with E-state index in [0.717, 1.165) is 5.56 Å². The van der Waals surface area contributed by atoms with Gasteiger partial charge in [0.05, 0.1) is 21.5 Å². The van der Waals surface area contributed by atoms with Crippen LogP contribution in [0.4, 0.5) is 0 Å². The summed E-state index contributed by atoms with van der Waals surface area (Å²) in [6.45, 7) is 6.22. The lowest BCUT2D eigenvalue weighted by molar-refractivity contribution is 0.0997. The Morgan fingerprint density at radius 2 is 1.97 bits per heavy atom. The van der Waals surface area contributed by atoms with Crippen LogP contribution in [0.25, 0.3) is 16.7 Å². The van der Waals surface area contributed by atoms with Crippen LogP contribution in [0.1, 0.15) is 35.3 Å². The number of carbonyl (C=O) groups is 1. The monoisotopic (exact) mass is 479 g/mol. The number of fused-ring (bicyclic) bond motifs is 2. The van der Waals surface area contributed by atoms with Crippen LogP contribution in [-0.4, -0.2) is 19.9 Å². The molecule has 9 heteroatoms. The SMILES string of the molecule is Cc1cccn2c(=O)c3cc(C#N)c(=NC(=O)c4ccc(Cl)cc4Cl)n(CC(C)C)c3nc12. The van der Waals surface area contributed by atoms with Crippen molar-refractivity contribution >= 4 is 45.8 Å². The molecular weight excluding hydrogens is 461 g/mol. The maximum atomic E-state index is 13.3. The zero-order valence-corrected chi connectivity index (χ0v) is 19.6. The van der Waals surface area contributed by atoms with Gasteiger partial charge in [0.15, 0.2) is 5.49 Å². The summed E-state index contributed by atoms with van der Waals surface area (Å²) in [7, 11) is 0. The molecule has 0 bridgehead atoms. The van der Waals surface area contributed by atoms with Gasteiger partial charge in [0, 0.05) is 17.8 Å². The van der Waals surface area contributed by atoms with E-state index in [1.807, 2.05) is 26.8 Å². The van der Waals surface area contributed by atoms with E-state index < -0.39 is 5.91 Å². The third-order valence-electron chi connectivity index (χ3n) is 5.14. The maximum Gasteiger partial charge on any atom is 0.280 e. The summed E-state index contributed by atoms with van der Waals surface area (Å²) in [6.07, 6.45) is 1.64. The molecule has 0 atom stereocenters. The minimum absolute atomic E-state index is 0.0908. The number of aromatic nitrogens is 3. The van der Waals surface area contributed by atoms with E-state index in [1.54, 1.807) is 22.9 Å². The van der Waals surface area contributed by atoms with Crippen molar-refractivity contribution in [3.8, 4) is 6.07 Å². The summed E-state index contributed by atoms with van der Waals surface area (Å²) < 4.78 is 3.11. The number of rotatable bonds is 3. The first-order valence-corrected chi connectivity index (χ1v) is 11.0. The number of amides is 1. The highest BCUT2D eigenvalue weighted by atomic mass is 35.5. The molecule has 0 N–H and O–H groups in total. The van der Waals surface area contributed by atoms with Crippen LogP contribution in [-0.2, 0) is 6.54 Å². The van der Waals surface area contributed by atoms with Gasteiger partial charge in [0.25, 0.3) is 11.5 Å². The first-order chi connectivity index (χ1) is 15.7. The van der Waals surface area contributed by atoms with Crippen molar-refractivity contribution in [3.63, 3.8) is 0 Å². The predicted octanol–water partition coefficient (Wildman–Crippen LogP) is 4.53. The van der Waals surface area contributed by atoms with Gasteiger partial charge in [0.2, 0.25) is 0 Å². The average Bonchev–Trinajstić information content (AvgIpc) is 2.76. The largest absolute Gasteiger partial charge is 0.309 e. The lowest BCUT2D eigenvalue weighted by atomic mass is 10.1. The second-order valence-electron chi connectivity index (χ2n) is 8.08. The third-order valence-corrected chi connectivity index (χ3v) is 5.69. The van der Waals surface area contributed by atoms with Crippen molar-refractivity contribution in [2.75, 3.05) is 0 Å². The van der Waals surface area contributed by atoms with Crippen LogP contribution in [0.5, 0.6) is 0 Å². The smallest absolute Gasteiger partial charge is 0.280 e. The maximum absolute atomic E-state index is 13.3. The molecule has 0 aliphatic carbocycles. The van der Waals surface area contributed by atoms with E-state index in [1.165, 1.54) is 22.6 Å². The highest BCUT2D eigenvalue weighted by molar-refractivity contribution is 6.36. The standard InChI is InChI=1S/C24H19Cl2N5O2/c1-13(2)12-31-21(29-23(32)17-7-6-16(25)10-19(17)26)15(11-27)9-18-22(31)28-20-14(3)5-4-8-30(20)24(18)33/h4-10,13H,12H2,1-3H3. The Morgan fingerprint density at radius 1 is 1.21 bits per heavy atom. The Morgan fingerprint density at radius 3 is 2.64 bits per heavy atom. The normalized spacial score (nSPS) is 12.0. The number of halogens is 2. The first kappa shape index (κ1) is 22.7. The summed E-state index contributed by atoms with van der Waals surface area (Å²) in [6, 6.07) is 11.6. The molecule has 3 aromatic heterocycles. The Balaban J connectivity index is 2.13. The van der Waals surface area contributed by atoms with Crippen molar-refractivity contribution in [3.05, 3.63) is 85.2 Å². The molecule has 0 aliphatic heterocycles. The van der Waals surface area contributed by atoms with Gasteiger partial charge in [-0.2, -0.15) is 10.3 Å². The zero-order valence-electron chi connectivity index (χ0n) is 18.1. The van der Waals surface area contributed by atoms with Gasteiger partial charge in [-0.05, 0) is 48.7 Å². The summed E-state index contributed by atoms with van der Waals surface area (Å²) in [5, 5.41) is 10.7. The lowest BCUT2D eigenvalue weighted by Crippen LogP contribution is -2.31. The molecule has 0 saturated heterocycles. The summed E-state index contributed by atoms with van der Waals surface area (Å²) in [5.41, 5.74) is 1.74. The molecule has 1 amide bonds. The molecule has 0 radical (unpaired) electrons. The number of nitriles is 1. The molecule has 0 fully saturated rings. The first-order valence-electron chi connectivity index (χ1n) is 10.2. The Kier molecular flexibility index (Phi) is 6.07. The fraction of sp³-hybridized carbons (Fsp3) is 0.208. The summed E-state index contributed by atoms with van der Waals surface area (Å²) >= 11 is 12.1. The van der Waals surface area contributed by atoms with Gasteiger partial charge in [-0.1, -0.05) is 43.1 Å². The lowest BCUT2D eigenvalue weighted by Gasteiger charge is -2.15. The van der Waals surface area contributed by atoms with Gasteiger partial charge in [-0.3, -0.25) is 14.0 Å². The van der Waals surface area contributed by atoms with E-state index in [9.17, 15) is 14.9 Å². The van der Waals surface area contributed by atoms with Gasteiger partial charge < -0.3 is 4.57 Å². The van der Waals surface area contributed by atoms with Gasteiger partial charge in [-0.25, -0.2) is 4.98 Å². The van der Waals surface area contributed by atoms with Crippen molar-refractivity contribution in [2.24, 2.45) is 10.9 Å². The topological polar surface area (TPSA) is 92.5 Å². The molecule has 0 saturated carbocycles. The molecule has 0 aliphatic rings. The van der Waals surface area contributed by atoms with Gasteiger partial charge in [-0.15, -0.1) is 0 Å². The molecule has 3 heterocycles. The molecule has 166 valence electrons. The van der Waals surface area contributed by atoms with E-state index in [4.69, 9.17) is 28.2 Å². The molecule has 1 aromatic carbocycles. The summed E-state index contributed by atoms with van der Waals surface area (Å²) in [4.78, 5) is 35.3. The molecule has 0 spiro atoms. The van der Waals surface area contributed by atoms with Crippen molar-refractivity contribution in [2.45, 2.75) is 27.3 Å². The number of hydrogen-bond donors (Lipinski definition) is 0. The predicted molar refractivity (Wildman–Crippen MR) is 128 cm³/mol. The number of pyridine rings is 2. The van der Waals surface area contributed by atoms with Crippen LogP contribution >= 0.6 is 23.2 Å². The number of aryl methyl sites for hydroxylation is 1. The minimum Gasteiger partial charge on any atom is -0.309 e. The van der Waals surface area contributed by atoms with E-state index in [0.29, 0.717) is 22.9 Å². The van der Waals surface area contributed by atoms with Crippen molar-refractivity contribution < 1.29 is 4.79 Å². The molecule has 0 unspecified atom stereocenters. The van der Waals surface area contributed by atoms with Crippen molar-refractivity contribution in [1.82, 2.24) is 14.0 Å². The number of hydrogen-bond acceptors (Lipinski definition) is 4. The molecule has 4 rings (SSSR count). The minimum atomic E-state index is -0.626. The van der Waals surface area contributed by atoms with E-state index >= 15 is 0 Å². The Labute approximate surface area is 199 Å². The van der Waals surface area contributed by atoms with Crippen molar-refractivity contribution in [1.29, 1.82) is 5.26 Å². The quantitative estimate of drug-likeness (QED) is 0.403. The van der Waals surface area contributed by atoms with Gasteiger partial charge >= 0.3 is 0 Å². The fourth-order valence-electron chi connectivity index (χ4n) is 3.65. The average molecular weight is 480 g/mol. The highest BCUT2D eigenvalue weighted by Gasteiger charge is 2.17. The second-order valence-corrected chi connectivity index (χ2v) is 8.92. The Hall–Kier alpha value is -3.47. The van der Waals surface area contributed by atoms with Crippen LogP contribution in [0, 0.1) is 24.2 Å². The third kappa shape index (κ3) is 4.15. The molecule has 4 aromatic rings. The number of carbonyl (C=O) groups excluding carboxylic acids is 1. The molecule has 33 heavy (non-hydrogen) atoms. The van der Waals surface area contributed by atoms with E-state index in [2.05, 4.69) is 11.1 Å². The molecule has 7 nitrogen and oxygen atoms in total. The summed E-state index contributed by atoms with van der Waals surface area (Å²) in [5.74, 6) is -0.508. The van der Waals surface area contributed by atoms with Gasteiger partial charge in [0.1, 0.15) is 17.4 Å². The van der Waals surface area contributed by atoms with Crippen LogP contribution in [0.3, 0.4) is 0 Å². The Bertz CT molecular complexity index is 1610. The second kappa shape index (κ2) is 8.81.